The average Bonchev–Trinajstić information content (AvgIpc) is 3.44. The molecular weight excluding hydrogens is 849 g/mol. The predicted molar refractivity (Wildman–Crippen MR) is 211 cm³/mol. The summed E-state index contributed by atoms with van der Waals surface area (Å²) in [5.74, 6) is -2.07. The van der Waals surface area contributed by atoms with Gasteiger partial charge in [0.25, 0.3) is 5.92 Å². The molecule has 52 heavy (non-hydrogen) atoms. The van der Waals surface area contributed by atoms with Crippen LogP contribution in [0.2, 0.25) is 0 Å². The second-order valence-electron chi connectivity index (χ2n) is 15.0. The van der Waals surface area contributed by atoms with Gasteiger partial charge in [0.15, 0.2) is 5.78 Å². The van der Waals surface area contributed by atoms with Crippen molar-refractivity contribution in [2.24, 2.45) is 11.8 Å². The Morgan fingerprint density at radius 3 is 2.29 bits per heavy atom. The van der Waals surface area contributed by atoms with Crippen LogP contribution in [0.5, 0.6) is 0 Å². The molecule has 5 aromatic rings. The first-order chi connectivity index (χ1) is 24.2. The Balaban J connectivity index is 0.000000323. The number of aliphatic hydroxyl groups is 1. The van der Waals surface area contributed by atoms with Gasteiger partial charge >= 0.3 is 0 Å². The van der Waals surface area contributed by atoms with E-state index < -0.39 is 5.92 Å². The van der Waals surface area contributed by atoms with E-state index in [1.165, 1.54) is 17.0 Å². The second-order valence-corrected chi connectivity index (χ2v) is 16.0. The van der Waals surface area contributed by atoms with Gasteiger partial charge in [0.05, 0.1) is 5.76 Å². The predicted octanol–water partition coefficient (Wildman–Crippen LogP) is 13.2. The first-order valence-corrected chi connectivity index (χ1v) is 19.3. The number of rotatable bonds is 9. The standard InChI is InChI=1S/C32H28F2NS.C13H24O2.Ir/c1-19-25-12-14-35-28(23-15-21-7-5-6-8-26(21)27(17-23)31(2,3)4)30(25)36-29(19)22-10-9-20-11-13-32(33,34)18-24(20)16-22;1-5-10(6-2)12(14)9-13(15)11(7-3)8-4;/h5-10,12,14,16-17H,11,13,18H2,1-4H3;9-11,14H,5-8H2,1-4H3;/q-1;;/b;12-9-;. The van der Waals surface area contributed by atoms with Crippen molar-refractivity contribution in [2.75, 3.05) is 0 Å². The Hall–Kier alpha value is -3.25. The molecule has 7 heteroatoms. The Bertz CT molecular complexity index is 2050. The molecule has 0 bridgehead atoms. The Morgan fingerprint density at radius 1 is 0.962 bits per heavy atom. The van der Waals surface area contributed by atoms with Gasteiger partial charge in [0.2, 0.25) is 0 Å². The van der Waals surface area contributed by atoms with Gasteiger partial charge in [-0.2, -0.15) is 0 Å². The average molecular weight is 901 g/mol. The molecular formula is C45H52F2IrNO2S-. The molecule has 0 aliphatic heterocycles. The van der Waals surface area contributed by atoms with Crippen molar-refractivity contribution >= 4 is 38.0 Å². The van der Waals surface area contributed by atoms with Gasteiger partial charge < -0.3 is 5.11 Å². The number of carbonyl (C=O) groups is 1. The number of benzene rings is 3. The molecule has 1 radical (unpaired) electrons. The van der Waals surface area contributed by atoms with Gasteiger partial charge in [-0.25, -0.2) is 8.78 Å². The molecule has 3 aromatic carbocycles. The van der Waals surface area contributed by atoms with Crippen LogP contribution in [0.25, 0.3) is 42.6 Å². The normalized spacial score (nSPS) is 14.3. The summed E-state index contributed by atoms with van der Waals surface area (Å²) in [6, 6.07) is 22.4. The minimum atomic E-state index is -2.62. The maximum atomic E-state index is 14.1. The zero-order chi connectivity index (χ0) is 37.1. The van der Waals surface area contributed by atoms with Gasteiger partial charge in [-0.15, -0.1) is 40.5 Å². The van der Waals surface area contributed by atoms with Crippen molar-refractivity contribution in [3.05, 3.63) is 101 Å². The van der Waals surface area contributed by atoms with Crippen LogP contribution < -0.4 is 0 Å². The summed E-state index contributed by atoms with van der Waals surface area (Å²) in [7, 11) is 0. The third kappa shape index (κ3) is 9.09. The van der Waals surface area contributed by atoms with Gasteiger partial charge in [0.1, 0.15) is 0 Å². The van der Waals surface area contributed by atoms with E-state index in [-0.39, 0.29) is 61.7 Å². The molecule has 0 spiro atoms. The molecule has 279 valence electrons. The first kappa shape index (κ1) is 41.5. The summed E-state index contributed by atoms with van der Waals surface area (Å²) in [5.41, 5.74) is 7.15. The number of ketones is 1. The summed E-state index contributed by atoms with van der Waals surface area (Å²) >= 11 is 1.70. The third-order valence-electron chi connectivity index (χ3n) is 10.5. The van der Waals surface area contributed by atoms with Crippen LogP contribution in [0.4, 0.5) is 8.78 Å². The van der Waals surface area contributed by atoms with E-state index in [1.807, 2.05) is 46.0 Å². The Kier molecular flexibility index (Phi) is 13.8. The number of halogens is 2. The molecule has 2 aromatic heterocycles. The topological polar surface area (TPSA) is 50.2 Å². The van der Waals surface area contributed by atoms with Crippen molar-refractivity contribution < 1.29 is 38.8 Å². The zero-order valence-corrected chi connectivity index (χ0v) is 35.0. The molecule has 0 fully saturated rings. The first-order valence-electron chi connectivity index (χ1n) is 18.5. The molecule has 2 heterocycles. The number of nitrogens with zero attached hydrogens (tertiary/aromatic N) is 1. The molecule has 0 atom stereocenters. The second kappa shape index (κ2) is 17.3. The van der Waals surface area contributed by atoms with Crippen LogP contribution in [0.1, 0.15) is 103 Å². The quantitative estimate of drug-likeness (QED) is 0.0911. The smallest absolute Gasteiger partial charge is 0.252 e. The van der Waals surface area contributed by atoms with E-state index in [1.54, 1.807) is 11.3 Å². The molecule has 3 nitrogen and oxygen atoms in total. The van der Waals surface area contributed by atoms with Gasteiger partial charge in [0, 0.05) is 72.3 Å². The summed E-state index contributed by atoms with van der Waals surface area (Å²) in [6.45, 7) is 16.9. The zero-order valence-electron chi connectivity index (χ0n) is 31.8. The van der Waals surface area contributed by atoms with Crippen LogP contribution >= 0.6 is 11.3 Å². The van der Waals surface area contributed by atoms with E-state index >= 15 is 0 Å². The summed E-state index contributed by atoms with van der Waals surface area (Å²) in [6.07, 6.45) is 6.98. The van der Waals surface area contributed by atoms with Crippen molar-refractivity contribution in [3.8, 4) is 21.7 Å². The Morgan fingerprint density at radius 2 is 1.63 bits per heavy atom. The van der Waals surface area contributed by atoms with Crippen LogP contribution in [0.3, 0.4) is 0 Å². The number of aliphatic hydroxyl groups excluding tert-OH is 1. The van der Waals surface area contributed by atoms with Crippen molar-refractivity contribution in [2.45, 2.75) is 112 Å². The largest absolute Gasteiger partial charge is 0.512 e. The summed E-state index contributed by atoms with van der Waals surface area (Å²) in [4.78, 5) is 17.7. The number of allylic oxidation sites excluding steroid dienone is 2. The van der Waals surface area contributed by atoms with E-state index in [2.05, 4.69) is 76.2 Å². The maximum Gasteiger partial charge on any atom is 0.252 e. The fourth-order valence-electron chi connectivity index (χ4n) is 7.23. The van der Waals surface area contributed by atoms with E-state index in [0.717, 1.165) is 79.5 Å². The van der Waals surface area contributed by atoms with Crippen LogP contribution in [-0.2, 0) is 43.2 Å². The summed E-state index contributed by atoms with van der Waals surface area (Å²) < 4.78 is 29.4. The minimum Gasteiger partial charge on any atom is -0.512 e. The van der Waals surface area contributed by atoms with Gasteiger partial charge in [-0.3, -0.25) is 9.78 Å². The fourth-order valence-corrected chi connectivity index (χ4v) is 8.54. The molecule has 6 rings (SSSR count). The molecule has 1 aliphatic rings. The van der Waals surface area contributed by atoms with Crippen molar-refractivity contribution in [1.82, 2.24) is 4.98 Å². The molecule has 0 amide bonds. The minimum absolute atomic E-state index is 0. The number of carbonyl (C=O) groups excluding carboxylic acids is 1. The molecule has 1 aliphatic carbocycles. The monoisotopic (exact) mass is 901 g/mol. The molecule has 0 saturated heterocycles. The molecule has 1 N–H and O–H groups in total. The maximum absolute atomic E-state index is 14.1. The van der Waals surface area contributed by atoms with Crippen LogP contribution in [0, 0.1) is 24.8 Å². The molecule has 0 saturated carbocycles. The SMILES string of the molecule is CCC(CC)C(=O)/C=C(\O)C(CC)CC.Cc1c(-c2ccc3c(c2)CC(F)(F)CC3)sc2c(-c3[c-]c4ccccc4c(C(C)(C)C)c3)nccc12.[Ir]. The van der Waals surface area contributed by atoms with Crippen LogP contribution in [0.15, 0.2) is 72.6 Å². The Labute approximate surface area is 326 Å². The number of alkyl halides is 2. The van der Waals surface area contributed by atoms with Gasteiger partial charge in [-0.05, 0) is 84.2 Å². The molecule has 0 unspecified atom stereocenters. The van der Waals surface area contributed by atoms with E-state index in [0.29, 0.717) is 6.42 Å². The summed E-state index contributed by atoms with van der Waals surface area (Å²) in [5, 5.41) is 13.2. The third-order valence-corrected chi connectivity index (χ3v) is 11.8. The number of hydrogen-bond donors (Lipinski definition) is 1. The van der Waals surface area contributed by atoms with E-state index in [4.69, 9.17) is 4.98 Å². The fraction of sp³-hybridized carbons (Fsp3) is 0.422. The van der Waals surface area contributed by atoms with Gasteiger partial charge in [-0.1, -0.05) is 89.7 Å². The number of pyridine rings is 1. The van der Waals surface area contributed by atoms with E-state index in [9.17, 15) is 18.7 Å². The van der Waals surface area contributed by atoms with Crippen molar-refractivity contribution in [1.29, 1.82) is 0 Å². The number of thiophene rings is 1. The van der Waals surface area contributed by atoms with Crippen molar-refractivity contribution in [3.63, 3.8) is 0 Å². The number of fused-ring (bicyclic) bond motifs is 3. The number of aryl methyl sites for hydroxylation is 2. The number of aromatic nitrogens is 1. The number of hydrogen-bond acceptors (Lipinski definition) is 4. The van der Waals surface area contributed by atoms with Crippen LogP contribution in [-0.4, -0.2) is 21.8 Å².